The predicted molar refractivity (Wildman–Crippen MR) is 79.6 cm³/mol. The summed E-state index contributed by atoms with van der Waals surface area (Å²) in [5.41, 5.74) is 2.49. The van der Waals surface area contributed by atoms with Crippen LogP contribution in [0.15, 0.2) is 12.3 Å². The average molecular weight is 263 g/mol. The zero-order chi connectivity index (χ0) is 14.6. The molecule has 1 aromatic rings. The summed E-state index contributed by atoms with van der Waals surface area (Å²) < 4.78 is 0. The van der Waals surface area contributed by atoms with Gasteiger partial charge in [-0.3, -0.25) is 9.78 Å². The molecule has 0 aliphatic rings. The fourth-order valence-electron chi connectivity index (χ4n) is 2.06. The number of rotatable bonds is 4. The van der Waals surface area contributed by atoms with E-state index in [-0.39, 0.29) is 11.3 Å². The van der Waals surface area contributed by atoms with E-state index in [1.807, 2.05) is 27.0 Å². The minimum Gasteiger partial charge on any atom is -0.385 e. The van der Waals surface area contributed by atoms with Crippen molar-refractivity contribution in [3.05, 3.63) is 23.5 Å². The van der Waals surface area contributed by atoms with Crippen LogP contribution in [-0.2, 0) is 0 Å². The van der Waals surface area contributed by atoms with Crippen LogP contribution in [0.1, 0.15) is 43.7 Å². The Morgan fingerprint density at radius 1 is 1.42 bits per heavy atom. The van der Waals surface area contributed by atoms with Gasteiger partial charge in [-0.05, 0) is 25.3 Å². The monoisotopic (exact) mass is 263 g/mol. The molecular formula is C15H25N3O. The van der Waals surface area contributed by atoms with Crippen LogP contribution in [0.3, 0.4) is 0 Å². The highest BCUT2D eigenvalue weighted by molar-refractivity contribution is 5.99. The number of aryl methyl sites for hydroxylation is 1. The van der Waals surface area contributed by atoms with Crippen LogP contribution in [0.2, 0.25) is 0 Å². The van der Waals surface area contributed by atoms with Crippen molar-refractivity contribution in [3.63, 3.8) is 0 Å². The van der Waals surface area contributed by atoms with Gasteiger partial charge in [0.2, 0.25) is 0 Å². The van der Waals surface area contributed by atoms with Gasteiger partial charge in [0.25, 0.3) is 5.91 Å². The van der Waals surface area contributed by atoms with Gasteiger partial charge in [-0.2, -0.15) is 0 Å². The molecule has 1 amide bonds. The molecule has 0 spiro atoms. The van der Waals surface area contributed by atoms with Crippen LogP contribution in [0.4, 0.5) is 5.69 Å². The van der Waals surface area contributed by atoms with E-state index in [0.717, 1.165) is 17.9 Å². The Morgan fingerprint density at radius 2 is 2.05 bits per heavy atom. The lowest BCUT2D eigenvalue weighted by Crippen LogP contribution is -2.35. The lowest BCUT2D eigenvalue weighted by atomic mass is 9.96. The van der Waals surface area contributed by atoms with Gasteiger partial charge in [0.15, 0.2) is 0 Å². The molecule has 1 heterocycles. The number of hydrogen-bond donors (Lipinski definition) is 1. The summed E-state index contributed by atoms with van der Waals surface area (Å²) in [6.07, 6.45) is 1.66. The molecule has 0 aliphatic heterocycles. The fourth-order valence-corrected chi connectivity index (χ4v) is 2.06. The summed E-state index contributed by atoms with van der Waals surface area (Å²) in [5, 5.41) is 3.23. The molecule has 4 nitrogen and oxygen atoms in total. The highest BCUT2D eigenvalue weighted by Gasteiger charge is 2.21. The molecule has 0 unspecified atom stereocenters. The zero-order valence-corrected chi connectivity index (χ0v) is 12.9. The lowest BCUT2D eigenvalue weighted by molar-refractivity contribution is 0.0746. The summed E-state index contributed by atoms with van der Waals surface area (Å²) in [6.45, 7) is 11.8. The van der Waals surface area contributed by atoms with Crippen LogP contribution < -0.4 is 5.32 Å². The minimum atomic E-state index is 0.0124. The van der Waals surface area contributed by atoms with Crippen molar-refractivity contribution in [3.8, 4) is 0 Å². The number of pyridine rings is 1. The van der Waals surface area contributed by atoms with E-state index < -0.39 is 0 Å². The number of carbonyl (C=O) groups is 1. The Labute approximate surface area is 116 Å². The third-order valence-electron chi connectivity index (χ3n) is 2.70. The average Bonchev–Trinajstić information content (AvgIpc) is 2.26. The van der Waals surface area contributed by atoms with E-state index in [1.54, 1.807) is 11.1 Å². The van der Waals surface area contributed by atoms with Crippen LogP contribution in [0, 0.1) is 12.3 Å². The molecule has 0 radical (unpaired) electrons. The summed E-state index contributed by atoms with van der Waals surface area (Å²) in [4.78, 5) is 18.5. The van der Waals surface area contributed by atoms with E-state index in [9.17, 15) is 4.79 Å². The maximum Gasteiger partial charge on any atom is 0.257 e. The number of anilines is 1. The smallest absolute Gasteiger partial charge is 0.257 e. The largest absolute Gasteiger partial charge is 0.385 e. The number of amides is 1. The van der Waals surface area contributed by atoms with Crippen LogP contribution in [0.5, 0.6) is 0 Å². The quantitative estimate of drug-likeness (QED) is 0.908. The topological polar surface area (TPSA) is 45.2 Å². The Hall–Kier alpha value is -1.58. The summed E-state index contributed by atoms with van der Waals surface area (Å²) in [5.74, 6) is 0.0124. The molecule has 0 atom stereocenters. The third-order valence-corrected chi connectivity index (χ3v) is 2.70. The molecule has 1 rings (SSSR count). The molecule has 0 bridgehead atoms. The maximum atomic E-state index is 12.5. The van der Waals surface area contributed by atoms with Crippen molar-refractivity contribution in [2.75, 3.05) is 25.5 Å². The van der Waals surface area contributed by atoms with Crippen molar-refractivity contribution < 1.29 is 4.79 Å². The van der Waals surface area contributed by atoms with E-state index in [0.29, 0.717) is 12.1 Å². The molecular weight excluding hydrogens is 238 g/mol. The van der Waals surface area contributed by atoms with E-state index >= 15 is 0 Å². The molecule has 1 aromatic heterocycles. The summed E-state index contributed by atoms with van der Waals surface area (Å²) in [6, 6.07) is 1.92. The van der Waals surface area contributed by atoms with Crippen molar-refractivity contribution in [1.82, 2.24) is 9.88 Å². The molecule has 19 heavy (non-hydrogen) atoms. The summed E-state index contributed by atoms with van der Waals surface area (Å²) >= 11 is 0. The number of carbonyl (C=O) groups excluding carboxylic acids is 1. The lowest BCUT2D eigenvalue weighted by Gasteiger charge is -2.27. The van der Waals surface area contributed by atoms with Gasteiger partial charge >= 0.3 is 0 Å². The predicted octanol–water partition coefficient (Wildman–Crippen LogP) is 2.94. The van der Waals surface area contributed by atoms with Crippen molar-refractivity contribution in [2.24, 2.45) is 5.41 Å². The Balaban J connectivity index is 2.98. The molecule has 0 fully saturated rings. The van der Waals surface area contributed by atoms with Crippen LogP contribution in [0.25, 0.3) is 0 Å². The molecule has 4 heteroatoms. The fraction of sp³-hybridized carbons (Fsp3) is 0.600. The van der Waals surface area contributed by atoms with Gasteiger partial charge in [-0.15, -0.1) is 0 Å². The molecule has 0 saturated carbocycles. The van der Waals surface area contributed by atoms with Crippen molar-refractivity contribution in [2.45, 2.75) is 34.6 Å². The van der Waals surface area contributed by atoms with Gasteiger partial charge in [-0.25, -0.2) is 0 Å². The first kappa shape index (κ1) is 15.5. The van der Waals surface area contributed by atoms with Gasteiger partial charge in [0.1, 0.15) is 0 Å². The van der Waals surface area contributed by atoms with Crippen molar-refractivity contribution >= 4 is 11.6 Å². The molecule has 0 aliphatic carbocycles. The van der Waals surface area contributed by atoms with E-state index in [4.69, 9.17) is 0 Å². The SMILES string of the molecule is CCNc1cc(C)ncc1C(=O)N(C)CC(C)(C)C. The second-order valence-electron chi connectivity index (χ2n) is 6.12. The Bertz CT molecular complexity index is 449. The second kappa shape index (κ2) is 6.04. The summed E-state index contributed by atoms with van der Waals surface area (Å²) in [7, 11) is 1.84. The molecule has 0 aromatic carbocycles. The number of hydrogen-bond acceptors (Lipinski definition) is 3. The van der Waals surface area contributed by atoms with Gasteiger partial charge in [0, 0.05) is 32.0 Å². The highest BCUT2D eigenvalue weighted by Crippen LogP contribution is 2.20. The van der Waals surface area contributed by atoms with Crippen molar-refractivity contribution in [1.29, 1.82) is 0 Å². The highest BCUT2D eigenvalue weighted by atomic mass is 16.2. The first-order valence-corrected chi connectivity index (χ1v) is 6.70. The van der Waals surface area contributed by atoms with Crippen LogP contribution >= 0.6 is 0 Å². The number of nitrogens with zero attached hydrogens (tertiary/aromatic N) is 2. The van der Waals surface area contributed by atoms with E-state index in [1.165, 1.54) is 0 Å². The first-order chi connectivity index (χ1) is 8.74. The second-order valence-corrected chi connectivity index (χ2v) is 6.12. The van der Waals surface area contributed by atoms with Gasteiger partial charge in [0.05, 0.1) is 11.3 Å². The molecule has 0 saturated heterocycles. The van der Waals surface area contributed by atoms with Gasteiger partial charge in [-0.1, -0.05) is 20.8 Å². The number of nitrogens with one attached hydrogen (secondary N) is 1. The third kappa shape index (κ3) is 4.54. The minimum absolute atomic E-state index is 0.0124. The van der Waals surface area contributed by atoms with Crippen LogP contribution in [-0.4, -0.2) is 35.9 Å². The molecule has 106 valence electrons. The Morgan fingerprint density at radius 3 is 2.58 bits per heavy atom. The maximum absolute atomic E-state index is 12.5. The first-order valence-electron chi connectivity index (χ1n) is 6.70. The Kier molecular flexibility index (Phi) is 4.92. The zero-order valence-electron chi connectivity index (χ0n) is 12.9. The standard InChI is InChI=1S/C15H25N3O/c1-7-16-13-8-11(2)17-9-12(13)14(19)18(6)10-15(3,4)5/h8-9H,7,10H2,1-6H3,(H,16,17). The molecule has 1 N–H and O–H groups in total. The van der Waals surface area contributed by atoms with E-state index in [2.05, 4.69) is 31.1 Å². The normalized spacial score (nSPS) is 11.3. The van der Waals surface area contributed by atoms with Gasteiger partial charge < -0.3 is 10.2 Å². The number of aromatic nitrogens is 1.